The van der Waals surface area contributed by atoms with Gasteiger partial charge in [-0.15, -0.1) is 23.5 Å². The lowest BCUT2D eigenvalue weighted by molar-refractivity contribution is 0.101. The molecule has 3 nitrogen and oxygen atoms in total. The molecule has 0 fully saturated rings. The maximum atomic E-state index is 12.2. The van der Waals surface area contributed by atoms with Crippen LogP contribution in [0.4, 0.5) is 0 Å². The minimum Gasteiger partial charge on any atom is -0.457 e. The Bertz CT molecular complexity index is 1390. The summed E-state index contributed by atoms with van der Waals surface area (Å²) in [6.45, 7) is 1.54. The first-order valence-electron chi connectivity index (χ1n) is 12.7. The van der Waals surface area contributed by atoms with Crippen LogP contribution in [0.5, 0.6) is 23.0 Å². The molecule has 0 unspecified atom stereocenters. The number of thioether (sulfide) groups is 2. The smallest absolute Gasteiger partial charge is 0.160 e. The number of hydrogen-bond acceptors (Lipinski definition) is 5. The van der Waals surface area contributed by atoms with Gasteiger partial charge >= 0.3 is 0 Å². The molecule has 5 rings (SSSR count). The van der Waals surface area contributed by atoms with Gasteiger partial charge in [0.15, 0.2) is 5.78 Å². The van der Waals surface area contributed by atoms with Gasteiger partial charge in [-0.3, -0.25) is 4.79 Å². The van der Waals surface area contributed by atoms with E-state index in [0.717, 1.165) is 21.3 Å². The molecule has 0 aliphatic carbocycles. The quantitative estimate of drug-likeness (QED) is 0.121. The fourth-order valence-corrected chi connectivity index (χ4v) is 5.56. The van der Waals surface area contributed by atoms with Crippen molar-refractivity contribution in [3.63, 3.8) is 0 Å². The molecule has 0 bridgehead atoms. The molecule has 5 aromatic rings. The summed E-state index contributed by atoms with van der Waals surface area (Å²) in [4.78, 5) is 14.5. The van der Waals surface area contributed by atoms with E-state index in [4.69, 9.17) is 9.47 Å². The highest BCUT2D eigenvalue weighted by Crippen LogP contribution is 2.33. The molecule has 0 aliphatic rings. The van der Waals surface area contributed by atoms with E-state index in [2.05, 4.69) is 48.5 Å². The van der Waals surface area contributed by atoms with Crippen LogP contribution in [0.15, 0.2) is 137 Å². The van der Waals surface area contributed by atoms with Crippen molar-refractivity contribution in [2.75, 3.05) is 0 Å². The Morgan fingerprint density at radius 3 is 1.33 bits per heavy atom. The molecule has 5 heteroatoms. The van der Waals surface area contributed by atoms with E-state index < -0.39 is 0 Å². The molecule has 0 saturated heterocycles. The monoisotopic (exact) mass is 548 g/mol. The summed E-state index contributed by atoms with van der Waals surface area (Å²) in [5.41, 5.74) is 3.11. The van der Waals surface area contributed by atoms with Crippen molar-refractivity contribution >= 4 is 29.3 Å². The number of benzene rings is 5. The molecular formula is C34H28O3S2. The summed E-state index contributed by atoms with van der Waals surface area (Å²) in [5.74, 6) is 4.28. The molecule has 0 spiro atoms. The van der Waals surface area contributed by atoms with Crippen LogP contribution >= 0.6 is 23.5 Å². The lowest BCUT2D eigenvalue weighted by Crippen LogP contribution is -1.95. The molecule has 0 aliphatic heterocycles. The zero-order chi connectivity index (χ0) is 26.9. The van der Waals surface area contributed by atoms with E-state index in [1.165, 1.54) is 11.1 Å². The normalized spacial score (nSPS) is 10.7. The first-order valence-corrected chi connectivity index (χ1v) is 14.6. The van der Waals surface area contributed by atoms with Crippen molar-refractivity contribution in [3.05, 3.63) is 144 Å². The second kappa shape index (κ2) is 13.2. The highest BCUT2D eigenvalue weighted by molar-refractivity contribution is 7.98. The Morgan fingerprint density at radius 1 is 0.538 bits per heavy atom. The van der Waals surface area contributed by atoms with Crippen molar-refractivity contribution < 1.29 is 14.3 Å². The zero-order valence-electron chi connectivity index (χ0n) is 21.6. The predicted octanol–water partition coefficient (Wildman–Crippen LogP) is 10.1. The molecule has 0 atom stereocenters. The fourth-order valence-electron chi connectivity index (χ4n) is 3.85. The highest BCUT2D eigenvalue weighted by atomic mass is 32.2. The molecule has 39 heavy (non-hydrogen) atoms. The van der Waals surface area contributed by atoms with Crippen molar-refractivity contribution in [2.24, 2.45) is 0 Å². The number of ether oxygens (including phenoxy) is 2. The van der Waals surface area contributed by atoms with Crippen LogP contribution in [0.3, 0.4) is 0 Å². The molecule has 0 aromatic heterocycles. The molecule has 0 radical (unpaired) electrons. The summed E-state index contributed by atoms with van der Waals surface area (Å²) in [6.07, 6.45) is 0. The molecule has 0 heterocycles. The van der Waals surface area contributed by atoms with Gasteiger partial charge in [-0.1, -0.05) is 60.7 Å². The van der Waals surface area contributed by atoms with Crippen LogP contribution in [0.2, 0.25) is 0 Å². The zero-order valence-corrected chi connectivity index (χ0v) is 23.2. The number of carbonyl (C=O) groups excluding carboxylic acids is 1. The van der Waals surface area contributed by atoms with Gasteiger partial charge in [0.05, 0.1) is 0 Å². The molecule has 194 valence electrons. The van der Waals surface area contributed by atoms with E-state index in [9.17, 15) is 4.79 Å². The van der Waals surface area contributed by atoms with Gasteiger partial charge in [-0.25, -0.2) is 0 Å². The molecular weight excluding hydrogens is 521 g/mol. The molecule has 0 saturated carbocycles. The van der Waals surface area contributed by atoms with Crippen molar-refractivity contribution in [1.29, 1.82) is 0 Å². The van der Waals surface area contributed by atoms with Crippen LogP contribution in [-0.2, 0) is 11.5 Å². The number of carbonyl (C=O) groups is 1. The predicted molar refractivity (Wildman–Crippen MR) is 161 cm³/mol. The summed E-state index contributed by atoms with van der Waals surface area (Å²) in [6, 6.07) is 42.1. The van der Waals surface area contributed by atoms with Crippen LogP contribution in [0.1, 0.15) is 28.4 Å². The number of hydrogen-bond donors (Lipinski definition) is 0. The van der Waals surface area contributed by atoms with Gasteiger partial charge in [0, 0.05) is 32.9 Å². The summed E-state index contributed by atoms with van der Waals surface area (Å²) < 4.78 is 12.2. The lowest BCUT2D eigenvalue weighted by Gasteiger charge is -2.12. The summed E-state index contributed by atoms with van der Waals surface area (Å²) in [5, 5.41) is 0. The third-order valence-corrected chi connectivity index (χ3v) is 8.07. The Morgan fingerprint density at radius 2 is 0.949 bits per heavy atom. The van der Waals surface area contributed by atoms with E-state index in [1.54, 1.807) is 42.6 Å². The van der Waals surface area contributed by atoms with Crippen LogP contribution in [0.25, 0.3) is 0 Å². The first-order chi connectivity index (χ1) is 19.1. The Balaban J connectivity index is 1.23. The third kappa shape index (κ3) is 8.03. The summed E-state index contributed by atoms with van der Waals surface area (Å²) >= 11 is 3.56. The summed E-state index contributed by atoms with van der Waals surface area (Å²) in [7, 11) is 0. The first kappa shape index (κ1) is 26.7. The van der Waals surface area contributed by atoms with Crippen molar-refractivity contribution in [2.45, 2.75) is 28.2 Å². The molecule has 0 amide bonds. The maximum Gasteiger partial charge on any atom is 0.160 e. The number of rotatable bonds is 11. The highest BCUT2D eigenvalue weighted by Gasteiger charge is 2.09. The minimum atomic E-state index is -0.0504. The molecule has 5 aromatic carbocycles. The van der Waals surface area contributed by atoms with Crippen LogP contribution in [-0.4, -0.2) is 5.78 Å². The van der Waals surface area contributed by atoms with Crippen LogP contribution < -0.4 is 9.47 Å². The fraction of sp³-hybridized carbons (Fsp3) is 0.0882. The van der Waals surface area contributed by atoms with E-state index >= 15 is 0 Å². The topological polar surface area (TPSA) is 35.5 Å². The van der Waals surface area contributed by atoms with Gasteiger partial charge in [0.25, 0.3) is 0 Å². The number of ketones is 1. The second-order valence-corrected chi connectivity index (χ2v) is 11.0. The second-order valence-electron chi connectivity index (χ2n) is 8.94. The van der Waals surface area contributed by atoms with Gasteiger partial charge in [-0.2, -0.15) is 0 Å². The van der Waals surface area contributed by atoms with Crippen molar-refractivity contribution in [3.8, 4) is 23.0 Å². The average Bonchev–Trinajstić information content (AvgIpc) is 2.97. The Labute approximate surface area is 238 Å². The van der Waals surface area contributed by atoms with Gasteiger partial charge in [0.1, 0.15) is 23.0 Å². The van der Waals surface area contributed by atoms with Gasteiger partial charge in [0.2, 0.25) is 0 Å². The molecule has 0 N–H and O–H groups in total. The van der Waals surface area contributed by atoms with E-state index in [1.807, 2.05) is 66.7 Å². The van der Waals surface area contributed by atoms with Crippen molar-refractivity contribution in [1.82, 2.24) is 0 Å². The Hall–Kier alpha value is -3.93. The Kier molecular flexibility index (Phi) is 9.05. The number of Topliss-reactive ketones (excluding diaryl/α,β-unsaturated/α-hetero) is 1. The third-order valence-electron chi connectivity index (χ3n) is 5.90. The SMILES string of the molecule is CC(=O)c1cc(Oc2ccc(SCc3ccccc3)cc2)cc(Oc2ccc(SCc3ccccc3)cc2)c1. The standard InChI is InChI=1S/C34H28O3S2/c1-25(35)28-20-31(36-29-12-16-33(17-13-29)38-23-26-8-4-2-5-9-26)22-32(21-28)37-30-14-18-34(19-15-30)39-24-27-10-6-3-7-11-27/h2-22H,23-24H2,1H3. The van der Waals surface area contributed by atoms with E-state index in [0.29, 0.717) is 28.6 Å². The lowest BCUT2D eigenvalue weighted by atomic mass is 10.1. The van der Waals surface area contributed by atoms with Crippen LogP contribution in [0, 0.1) is 0 Å². The minimum absolute atomic E-state index is 0.0504. The maximum absolute atomic E-state index is 12.2. The largest absolute Gasteiger partial charge is 0.457 e. The van der Waals surface area contributed by atoms with Gasteiger partial charge < -0.3 is 9.47 Å². The van der Waals surface area contributed by atoms with Gasteiger partial charge in [-0.05, 0) is 78.7 Å². The van der Waals surface area contributed by atoms with E-state index in [-0.39, 0.29) is 5.78 Å². The average molecular weight is 549 g/mol.